The fourth-order valence-electron chi connectivity index (χ4n) is 2.86. The molecule has 0 unspecified atom stereocenters. The molecule has 0 aromatic rings. The van der Waals surface area contributed by atoms with Crippen molar-refractivity contribution >= 4 is 11.9 Å². The van der Waals surface area contributed by atoms with Gasteiger partial charge in [0, 0.05) is 19.6 Å². The lowest BCUT2D eigenvalue weighted by molar-refractivity contribution is -0.157. The molecule has 0 radical (unpaired) electrons. The number of carbonyl (C=O) groups excluding carboxylic acids is 1. The highest BCUT2D eigenvalue weighted by molar-refractivity contribution is 5.84. The quantitative estimate of drug-likeness (QED) is 0.781. The number of likely N-dealkylation sites (tertiary alicyclic amines) is 1. The zero-order valence-corrected chi connectivity index (χ0v) is 10.9. The standard InChI is InChI=1S/C13H22N2O3/c1-12(11(17)18)5-7-15(8-6-12)10(16)13(9-14)3-2-4-13/h2-9,14H2,1H3,(H,17,18). The summed E-state index contributed by atoms with van der Waals surface area (Å²) in [6.07, 6.45) is 3.91. The third kappa shape index (κ3) is 2.00. The second kappa shape index (κ2) is 4.53. The molecule has 1 aliphatic carbocycles. The molecule has 5 heteroatoms. The summed E-state index contributed by atoms with van der Waals surface area (Å²) in [5.74, 6) is -0.615. The summed E-state index contributed by atoms with van der Waals surface area (Å²) >= 11 is 0. The van der Waals surface area contributed by atoms with Crippen molar-refractivity contribution in [2.45, 2.75) is 39.0 Å². The number of rotatable bonds is 3. The van der Waals surface area contributed by atoms with E-state index in [1.165, 1.54) is 0 Å². The predicted octanol–water partition coefficient (Wildman–Crippen LogP) is 0.829. The molecule has 1 saturated heterocycles. The summed E-state index contributed by atoms with van der Waals surface area (Å²) in [6.45, 7) is 3.27. The van der Waals surface area contributed by atoms with Crippen LogP contribution in [0.15, 0.2) is 0 Å². The number of piperidine rings is 1. The van der Waals surface area contributed by atoms with Crippen LogP contribution in [0, 0.1) is 10.8 Å². The Hall–Kier alpha value is -1.10. The van der Waals surface area contributed by atoms with Crippen molar-refractivity contribution in [2.75, 3.05) is 19.6 Å². The van der Waals surface area contributed by atoms with Gasteiger partial charge in [-0.05, 0) is 32.6 Å². The molecule has 1 aliphatic heterocycles. The van der Waals surface area contributed by atoms with Crippen LogP contribution in [-0.4, -0.2) is 41.5 Å². The smallest absolute Gasteiger partial charge is 0.309 e. The van der Waals surface area contributed by atoms with Gasteiger partial charge in [-0.15, -0.1) is 0 Å². The predicted molar refractivity (Wildman–Crippen MR) is 66.9 cm³/mol. The minimum Gasteiger partial charge on any atom is -0.481 e. The van der Waals surface area contributed by atoms with Crippen molar-refractivity contribution in [1.82, 2.24) is 4.90 Å². The Bertz CT molecular complexity index is 350. The number of aliphatic carboxylic acids is 1. The Labute approximate surface area is 107 Å². The molecule has 0 spiro atoms. The van der Waals surface area contributed by atoms with Gasteiger partial charge in [0.2, 0.25) is 5.91 Å². The first kappa shape index (κ1) is 13.3. The van der Waals surface area contributed by atoms with Gasteiger partial charge in [0.25, 0.3) is 0 Å². The molecule has 0 aromatic heterocycles. The maximum Gasteiger partial charge on any atom is 0.309 e. The first-order valence-corrected chi connectivity index (χ1v) is 6.66. The fraction of sp³-hybridized carbons (Fsp3) is 0.846. The van der Waals surface area contributed by atoms with Crippen LogP contribution >= 0.6 is 0 Å². The highest BCUT2D eigenvalue weighted by atomic mass is 16.4. The number of nitrogens with two attached hydrogens (primary N) is 1. The molecule has 1 heterocycles. The summed E-state index contributed by atoms with van der Waals surface area (Å²) < 4.78 is 0. The van der Waals surface area contributed by atoms with E-state index in [0.29, 0.717) is 32.5 Å². The highest BCUT2D eigenvalue weighted by Crippen LogP contribution is 2.43. The van der Waals surface area contributed by atoms with E-state index in [1.807, 2.05) is 4.90 Å². The number of hydrogen-bond acceptors (Lipinski definition) is 3. The molecular formula is C13H22N2O3. The lowest BCUT2D eigenvalue weighted by Crippen LogP contribution is -2.55. The number of carboxylic acid groups (broad SMARTS) is 1. The van der Waals surface area contributed by atoms with Crippen LogP contribution in [0.4, 0.5) is 0 Å². The van der Waals surface area contributed by atoms with E-state index < -0.39 is 11.4 Å². The average molecular weight is 254 g/mol. The SMILES string of the molecule is CC1(C(=O)O)CCN(C(=O)C2(CN)CCC2)CC1. The van der Waals surface area contributed by atoms with Crippen molar-refractivity contribution in [1.29, 1.82) is 0 Å². The van der Waals surface area contributed by atoms with Gasteiger partial charge in [0.15, 0.2) is 0 Å². The minimum atomic E-state index is -0.758. The average Bonchev–Trinajstić information content (AvgIpc) is 2.29. The maximum absolute atomic E-state index is 12.4. The van der Waals surface area contributed by atoms with Gasteiger partial charge in [0.1, 0.15) is 0 Å². The first-order chi connectivity index (χ1) is 8.43. The highest BCUT2D eigenvalue weighted by Gasteiger charge is 2.47. The third-order valence-corrected chi connectivity index (χ3v) is 4.83. The Balaban J connectivity index is 1.98. The molecule has 1 amide bonds. The van der Waals surface area contributed by atoms with Crippen LogP contribution in [0.25, 0.3) is 0 Å². The topological polar surface area (TPSA) is 83.6 Å². The van der Waals surface area contributed by atoms with E-state index in [4.69, 9.17) is 10.8 Å². The molecular weight excluding hydrogens is 232 g/mol. The van der Waals surface area contributed by atoms with Crippen LogP contribution in [0.2, 0.25) is 0 Å². The van der Waals surface area contributed by atoms with E-state index in [-0.39, 0.29) is 11.3 Å². The molecule has 0 atom stereocenters. The van der Waals surface area contributed by atoms with Gasteiger partial charge in [-0.3, -0.25) is 9.59 Å². The van der Waals surface area contributed by atoms with Crippen LogP contribution < -0.4 is 5.73 Å². The van der Waals surface area contributed by atoms with Crippen molar-refractivity contribution in [2.24, 2.45) is 16.6 Å². The van der Waals surface area contributed by atoms with Crippen LogP contribution in [0.5, 0.6) is 0 Å². The number of carboxylic acids is 1. The lowest BCUT2D eigenvalue weighted by atomic mass is 9.67. The molecule has 2 aliphatic rings. The zero-order valence-electron chi connectivity index (χ0n) is 10.9. The van der Waals surface area contributed by atoms with Crippen LogP contribution in [0.3, 0.4) is 0 Å². The van der Waals surface area contributed by atoms with Crippen LogP contribution in [0.1, 0.15) is 39.0 Å². The Kier molecular flexibility index (Phi) is 3.36. The van der Waals surface area contributed by atoms with E-state index in [0.717, 1.165) is 19.3 Å². The summed E-state index contributed by atoms with van der Waals surface area (Å²) in [5.41, 5.74) is 4.73. The summed E-state index contributed by atoms with van der Waals surface area (Å²) in [6, 6.07) is 0. The first-order valence-electron chi connectivity index (χ1n) is 6.66. The van der Waals surface area contributed by atoms with Crippen molar-refractivity contribution in [3.63, 3.8) is 0 Å². The summed E-state index contributed by atoms with van der Waals surface area (Å²) in [7, 11) is 0. The molecule has 5 nitrogen and oxygen atoms in total. The van der Waals surface area contributed by atoms with Crippen molar-refractivity contribution in [3.05, 3.63) is 0 Å². The molecule has 2 fully saturated rings. The van der Waals surface area contributed by atoms with Crippen LogP contribution in [-0.2, 0) is 9.59 Å². The second-order valence-corrected chi connectivity index (χ2v) is 6.00. The molecule has 3 N–H and O–H groups in total. The fourth-order valence-corrected chi connectivity index (χ4v) is 2.86. The maximum atomic E-state index is 12.4. The van der Waals surface area contributed by atoms with E-state index in [2.05, 4.69) is 0 Å². The number of nitrogens with zero attached hydrogens (tertiary/aromatic N) is 1. The number of carbonyl (C=O) groups is 2. The van der Waals surface area contributed by atoms with E-state index in [9.17, 15) is 9.59 Å². The molecule has 0 aromatic carbocycles. The molecule has 18 heavy (non-hydrogen) atoms. The Morgan fingerprint density at radius 3 is 2.11 bits per heavy atom. The van der Waals surface area contributed by atoms with Gasteiger partial charge in [-0.2, -0.15) is 0 Å². The molecule has 1 saturated carbocycles. The largest absolute Gasteiger partial charge is 0.481 e. The van der Waals surface area contributed by atoms with Crippen molar-refractivity contribution in [3.8, 4) is 0 Å². The van der Waals surface area contributed by atoms with Gasteiger partial charge in [-0.1, -0.05) is 6.42 Å². The summed E-state index contributed by atoms with van der Waals surface area (Å²) in [4.78, 5) is 25.4. The summed E-state index contributed by atoms with van der Waals surface area (Å²) in [5, 5.41) is 9.16. The van der Waals surface area contributed by atoms with Crippen molar-refractivity contribution < 1.29 is 14.7 Å². The van der Waals surface area contributed by atoms with E-state index in [1.54, 1.807) is 6.92 Å². The lowest BCUT2D eigenvalue weighted by Gasteiger charge is -2.45. The van der Waals surface area contributed by atoms with E-state index >= 15 is 0 Å². The van der Waals surface area contributed by atoms with Gasteiger partial charge < -0.3 is 15.7 Å². The van der Waals surface area contributed by atoms with Gasteiger partial charge in [0.05, 0.1) is 10.8 Å². The van der Waals surface area contributed by atoms with Gasteiger partial charge in [-0.25, -0.2) is 0 Å². The second-order valence-electron chi connectivity index (χ2n) is 6.00. The third-order valence-electron chi connectivity index (χ3n) is 4.83. The van der Waals surface area contributed by atoms with Gasteiger partial charge >= 0.3 is 5.97 Å². The zero-order chi connectivity index (χ0) is 13.4. The normalized spacial score (nSPS) is 25.3. The molecule has 2 rings (SSSR count). The Morgan fingerprint density at radius 2 is 1.78 bits per heavy atom. The minimum absolute atomic E-state index is 0.142. The number of amides is 1. The molecule has 0 bridgehead atoms. The molecule has 102 valence electrons. The Morgan fingerprint density at radius 1 is 1.22 bits per heavy atom. The monoisotopic (exact) mass is 254 g/mol. The number of hydrogen-bond donors (Lipinski definition) is 2.